The van der Waals surface area contributed by atoms with Crippen LogP contribution in [-0.4, -0.2) is 15.8 Å². The zero-order valence-electron chi connectivity index (χ0n) is 11.6. The molecule has 102 valence electrons. The zero-order chi connectivity index (χ0) is 13.3. The maximum Gasteiger partial charge on any atom is 0.0847 e. The van der Waals surface area contributed by atoms with Gasteiger partial charge in [-0.25, -0.2) is 0 Å². The van der Waals surface area contributed by atoms with E-state index in [1.54, 1.807) is 0 Å². The predicted octanol–water partition coefficient (Wildman–Crippen LogP) is 3.08. The monoisotopic (exact) mass is 269 g/mol. The Bertz CT molecular complexity index is 413. The van der Waals surface area contributed by atoms with Crippen molar-refractivity contribution in [2.24, 2.45) is 24.6 Å². The molecule has 3 unspecified atom stereocenters. The number of aromatic nitrogens is 2. The van der Waals surface area contributed by atoms with Crippen LogP contribution in [0.15, 0.2) is 0 Å². The molecule has 1 aromatic heterocycles. The lowest BCUT2D eigenvalue weighted by molar-refractivity contribution is 0.244. The van der Waals surface area contributed by atoms with Gasteiger partial charge >= 0.3 is 0 Å². The Morgan fingerprint density at radius 1 is 1.50 bits per heavy atom. The van der Waals surface area contributed by atoms with Crippen LogP contribution in [0, 0.1) is 18.8 Å². The molecule has 0 radical (unpaired) electrons. The highest BCUT2D eigenvalue weighted by atomic mass is 35.5. The van der Waals surface area contributed by atoms with E-state index in [0.717, 1.165) is 28.7 Å². The van der Waals surface area contributed by atoms with Gasteiger partial charge in [0, 0.05) is 19.5 Å². The van der Waals surface area contributed by atoms with Crippen molar-refractivity contribution in [2.75, 3.05) is 0 Å². The summed E-state index contributed by atoms with van der Waals surface area (Å²) in [6, 6.07) is 0.208. The summed E-state index contributed by atoms with van der Waals surface area (Å²) < 4.78 is 1.88. The standard InChI is InChI=1S/C14H24ClN3/c1-9-5-4-6-11(7-9)12(16)8-13-14(15)10(2)17-18(13)3/h9,11-12H,4-8,16H2,1-3H3. The summed E-state index contributed by atoms with van der Waals surface area (Å²) in [7, 11) is 1.95. The van der Waals surface area contributed by atoms with Crippen molar-refractivity contribution in [3.05, 3.63) is 16.4 Å². The fourth-order valence-electron chi connectivity index (χ4n) is 3.16. The number of aryl methyl sites for hydroxylation is 2. The van der Waals surface area contributed by atoms with Crippen LogP contribution in [0.2, 0.25) is 5.02 Å². The summed E-state index contributed by atoms with van der Waals surface area (Å²) in [4.78, 5) is 0. The molecule has 3 atom stereocenters. The number of hydrogen-bond donors (Lipinski definition) is 1. The molecule has 18 heavy (non-hydrogen) atoms. The van der Waals surface area contributed by atoms with Gasteiger partial charge in [0.25, 0.3) is 0 Å². The number of nitrogens with zero attached hydrogens (tertiary/aromatic N) is 2. The first-order valence-electron chi connectivity index (χ1n) is 6.92. The minimum atomic E-state index is 0.208. The Morgan fingerprint density at radius 3 is 2.78 bits per heavy atom. The highest BCUT2D eigenvalue weighted by Crippen LogP contribution is 2.32. The van der Waals surface area contributed by atoms with E-state index in [9.17, 15) is 0 Å². The summed E-state index contributed by atoms with van der Waals surface area (Å²) in [5.41, 5.74) is 8.37. The van der Waals surface area contributed by atoms with E-state index >= 15 is 0 Å². The summed E-state index contributed by atoms with van der Waals surface area (Å²) in [5.74, 6) is 1.46. The van der Waals surface area contributed by atoms with Crippen molar-refractivity contribution < 1.29 is 0 Å². The molecule has 1 fully saturated rings. The second-order valence-corrected chi connectivity index (χ2v) is 6.25. The summed E-state index contributed by atoms with van der Waals surface area (Å²) in [6.07, 6.45) is 6.04. The molecule has 1 heterocycles. The Balaban J connectivity index is 2.04. The van der Waals surface area contributed by atoms with Gasteiger partial charge in [-0.15, -0.1) is 0 Å². The lowest BCUT2D eigenvalue weighted by Gasteiger charge is -2.31. The van der Waals surface area contributed by atoms with E-state index in [4.69, 9.17) is 17.3 Å². The van der Waals surface area contributed by atoms with Crippen LogP contribution < -0.4 is 5.73 Å². The highest BCUT2D eigenvalue weighted by Gasteiger charge is 2.26. The molecule has 1 saturated carbocycles. The number of halogens is 1. The molecule has 0 bridgehead atoms. The molecular weight excluding hydrogens is 246 g/mol. The summed E-state index contributed by atoms with van der Waals surface area (Å²) >= 11 is 6.29. The van der Waals surface area contributed by atoms with Crippen LogP contribution in [0.3, 0.4) is 0 Å². The van der Waals surface area contributed by atoms with Gasteiger partial charge in [-0.3, -0.25) is 4.68 Å². The third kappa shape index (κ3) is 2.89. The highest BCUT2D eigenvalue weighted by molar-refractivity contribution is 6.31. The Kier molecular flexibility index (Phi) is 4.33. The minimum Gasteiger partial charge on any atom is -0.327 e. The van der Waals surface area contributed by atoms with Gasteiger partial charge in [-0.05, 0) is 31.6 Å². The van der Waals surface area contributed by atoms with Gasteiger partial charge in [0.2, 0.25) is 0 Å². The van der Waals surface area contributed by atoms with Crippen LogP contribution in [0.5, 0.6) is 0 Å². The predicted molar refractivity (Wildman–Crippen MR) is 75.8 cm³/mol. The minimum absolute atomic E-state index is 0.208. The molecule has 0 aromatic carbocycles. The van der Waals surface area contributed by atoms with Crippen molar-refractivity contribution in [3.8, 4) is 0 Å². The topological polar surface area (TPSA) is 43.8 Å². The fraction of sp³-hybridized carbons (Fsp3) is 0.786. The van der Waals surface area contributed by atoms with E-state index < -0.39 is 0 Å². The quantitative estimate of drug-likeness (QED) is 0.916. The second-order valence-electron chi connectivity index (χ2n) is 5.87. The van der Waals surface area contributed by atoms with Crippen molar-refractivity contribution in [1.82, 2.24) is 9.78 Å². The Hall–Kier alpha value is -0.540. The Morgan fingerprint density at radius 2 is 2.22 bits per heavy atom. The lowest BCUT2D eigenvalue weighted by atomic mass is 9.78. The van der Waals surface area contributed by atoms with Gasteiger partial charge in [-0.2, -0.15) is 5.10 Å². The largest absolute Gasteiger partial charge is 0.327 e. The molecule has 0 spiro atoms. The van der Waals surface area contributed by atoms with Crippen LogP contribution in [0.25, 0.3) is 0 Å². The smallest absolute Gasteiger partial charge is 0.0847 e. The molecule has 2 N–H and O–H groups in total. The van der Waals surface area contributed by atoms with Crippen LogP contribution in [0.1, 0.15) is 44.0 Å². The average molecular weight is 270 g/mol. The summed E-state index contributed by atoms with van der Waals surface area (Å²) in [5, 5.41) is 5.14. The number of hydrogen-bond acceptors (Lipinski definition) is 2. The maximum atomic E-state index is 6.39. The molecule has 0 saturated heterocycles. The second kappa shape index (κ2) is 5.62. The lowest BCUT2D eigenvalue weighted by Crippen LogP contribution is -2.35. The Labute approximate surface area is 115 Å². The first-order chi connectivity index (χ1) is 8.49. The van der Waals surface area contributed by atoms with E-state index in [0.29, 0.717) is 5.92 Å². The average Bonchev–Trinajstić information content (AvgIpc) is 2.56. The molecule has 2 rings (SSSR count). The van der Waals surface area contributed by atoms with Crippen molar-refractivity contribution in [1.29, 1.82) is 0 Å². The van der Waals surface area contributed by atoms with Crippen molar-refractivity contribution >= 4 is 11.6 Å². The van der Waals surface area contributed by atoms with Gasteiger partial charge in [-0.1, -0.05) is 31.4 Å². The van der Waals surface area contributed by atoms with E-state index in [1.165, 1.54) is 25.7 Å². The van der Waals surface area contributed by atoms with Gasteiger partial charge in [0.1, 0.15) is 0 Å². The molecule has 1 aromatic rings. The van der Waals surface area contributed by atoms with Gasteiger partial charge in [0.05, 0.1) is 16.4 Å². The SMILES string of the molecule is Cc1nn(C)c(CC(N)C2CCCC(C)C2)c1Cl. The van der Waals surface area contributed by atoms with E-state index in [-0.39, 0.29) is 6.04 Å². The first-order valence-corrected chi connectivity index (χ1v) is 7.30. The van der Waals surface area contributed by atoms with Crippen LogP contribution in [0.4, 0.5) is 0 Å². The molecule has 1 aliphatic carbocycles. The normalized spacial score (nSPS) is 26.3. The van der Waals surface area contributed by atoms with Gasteiger partial charge < -0.3 is 5.73 Å². The van der Waals surface area contributed by atoms with Crippen molar-refractivity contribution in [3.63, 3.8) is 0 Å². The molecule has 3 nitrogen and oxygen atoms in total. The fourth-order valence-corrected chi connectivity index (χ4v) is 3.40. The molecule has 1 aliphatic rings. The van der Waals surface area contributed by atoms with Gasteiger partial charge in [0.15, 0.2) is 0 Å². The molecular formula is C14H24ClN3. The summed E-state index contributed by atoms with van der Waals surface area (Å²) in [6.45, 7) is 4.28. The first kappa shape index (κ1) is 13.9. The van der Waals surface area contributed by atoms with E-state index in [2.05, 4.69) is 12.0 Å². The molecule has 0 aliphatic heterocycles. The van der Waals surface area contributed by atoms with E-state index in [1.807, 2.05) is 18.7 Å². The third-order valence-corrected chi connectivity index (χ3v) is 4.76. The number of rotatable bonds is 3. The zero-order valence-corrected chi connectivity index (χ0v) is 12.4. The van der Waals surface area contributed by atoms with Crippen LogP contribution in [-0.2, 0) is 13.5 Å². The molecule has 0 amide bonds. The van der Waals surface area contributed by atoms with Crippen LogP contribution >= 0.6 is 11.6 Å². The molecule has 4 heteroatoms. The third-order valence-electron chi connectivity index (χ3n) is 4.27. The number of nitrogens with two attached hydrogens (primary N) is 1. The maximum absolute atomic E-state index is 6.39. The van der Waals surface area contributed by atoms with Crippen molar-refractivity contribution in [2.45, 2.75) is 52.0 Å².